The van der Waals surface area contributed by atoms with Crippen LogP contribution in [0.5, 0.6) is 0 Å². The highest BCUT2D eigenvalue weighted by atomic mass is 127. The number of rotatable bonds is 3. The summed E-state index contributed by atoms with van der Waals surface area (Å²) >= 11 is 0. The molecule has 2 saturated heterocycles. The van der Waals surface area contributed by atoms with Crippen molar-refractivity contribution >= 4 is 29.9 Å². The molecule has 9 heteroatoms. The van der Waals surface area contributed by atoms with Crippen LogP contribution in [0.25, 0.3) is 0 Å². The van der Waals surface area contributed by atoms with E-state index in [4.69, 9.17) is 4.74 Å². The Morgan fingerprint density at radius 1 is 1.52 bits per heavy atom. The van der Waals surface area contributed by atoms with E-state index in [2.05, 4.69) is 20.2 Å². The quantitative estimate of drug-likeness (QED) is 0.444. The molecule has 1 N–H and O–H groups in total. The summed E-state index contributed by atoms with van der Waals surface area (Å²) in [6, 6.07) is 0. The largest absolute Gasteiger partial charge is 0.381 e. The van der Waals surface area contributed by atoms with Crippen LogP contribution in [0.4, 0.5) is 8.78 Å². The summed E-state index contributed by atoms with van der Waals surface area (Å²) in [6.45, 7) is 1.08. The molecule has 1 spiro atoms. The Balaban J connectivity index is 0.00000192. The molecule has 0 saturated carbocycles. The predicted molar refractivity (Wildman–Crippen MR) is 93.2 cm³/mol. The Morgan fingerprint density at radius 2 is 2.35 bits per heavy atom. The summed E-state index contributed by atoms with van der Waals surface area (Å²) in [5.74, 6) is 1.03. The van der Waals surface area contributed by atoms with E-state index in [0.29, 0.717) is 5.82 Å². The summed E-state index contributed by atoms with van der Waals surface area (Å²) in [5.41, 5.74) is 0.235. The van der Waals surface area contributed by atoms with Gasteiger partial charge in [0.1, 0.15) is 5.82 Å². The number of ether oxygens (including phenoxy) is 1. The fourth-order valence-corrected chi connectivity index (χ4v) is 3.24. The van der Waals surface area contributed by atoms with E-state index < -0.39 is 6.55 Å². The maximum atomic E-state index is 12.8. The second-order valence-corrected chi connectivity index (χ2v) is 5.90. The van der Waals surface area contributed by atoms with Crippen LogP contribution >= 0.6 is 24.0 Å². The second-order valence-electron chi connectivity index (χ2n) is 5.90. The standard InChI is InChI=1S/C14H21F2N5O.HI/c1-17-13(19-8-11-18-4-6-21(11)12(15)16)20-5-2-14(9-20)3-7-22-10-14;/h4,6,12H,2-3,5,7-10H2,1H3,(H,17,19);1H. The van der Waals surface area contributed by atoms with Gasteiger partial charge < -0.3 is 15.0 Å². The zero-order valence-corrected chi connectivity index (χ0v) is 15.4. The van der Waals surface area contributed by atoms with E-state index in [1.807, 2.05) is 0 Å². The van der Waals surface area contributed by atoms with E-state index >= 15 is 0 Å². The molecule has 2 aliphatic rings. The highest BCUT2D eigenvalue weighted by Crippen LogP contribution is 2.38. The van der Waals surface area contributed by atoms with Crippen LogP contribution in [0.1, 0.15) is 25.2 Å². The van der Waals surface area contributed by atoms with Gasteiger partial charge in [-0.15, -0.1) is 24.0 Å². The van der Waals surface area contributed by atoms with Gasteiger partial charge in [-0.3, -0.25) is 9.56 Å². The van der Waals surface area contributed by atoms with Crippen LogP contribution in [0, 0.1) is 5.41 Å². The third-order valence-electron chi connectivity index (χ3n) is 4.50. The minimum absolute atomic E-state index is 0. The number of aromatic nitrogens is 2. The number of nitrogens with one attached hydrogen (secondary N) is 1. The lowest BCUT2D eigenvalue weighted by atomic mass is 9.87. The number of likely N-dealkylation sites (tertiary alicyclic amines) is 1. The lowest BCUT2D eigenvalue weighted by Crippen LogP contribution is -2.41. The number of aliphatic imine (C=N–C) groups is 1. The van der Waals surface area contributed by atoms with Crippen LogP contribution in [0.2, 0.25) is 0 Å². The Kier molecular flexibility index (Phi) is 6.18. The Bertz CT molecular complexity index is 545. The first-order chi connectivity index (χ1) is 10.6. The molecule has 0 bridgehead atoms. The predicted octanol–water partition coefficient (Wildman–Crippen LogP) is 2.08. The lowest BCUT2D eigenvalue weighted by Gasteiger charge is -2.24. The SMILES string of the molecule is CN=C(NCc1nccn1C(F)F)N1CCC2(CCOC2)C1.I. The van der Waals surface area contributed by atoms with Crippen molar-refractivity contribution in [2.75, 3.05) is 33.4 Å². The Hall–Kier alpha value is -0.970. The van der Waals surface area contributed by atoms with E-state index in [0.717, 1.165) is 49.7 Å². The fourth-order valence-electron chi connectivity index (χ4n) is 3.24. The molecule has 2 fully saturated rings. The number of imidazole rings is 1. The minimum atomic E-state index is -2.58. The van der Waals surface area contributed by atoms with Gasteiger partial charge in [0.25, 0.3) is 0 Å². The molecule has 23 heavy (non-hydrogen) atoms. The molecule has 1 aromatic heterocycles. The zero-order valence-electron chi connectivity index (χ0n) is 13.0. The van der Waals surface area contributed by atoms with Gasteiger partial charge in [-0.05, 0) is 12.8 Å². The van der Waals surface area contributed by atoms with Crippen molar-refractivity contribution in [3.63, 3.8) is 0 Å². The first kappa shape index (κ1) is 18.4. The van der Waals surface area contributed by atoms with E-state index in [1.54, 1.807) is 7.05 Å². The van der Waals surface area contributed by atoms with Gasteiger partial charge in [0, 0.05) is 44.6 Å². The van der Waals surface area contributed by atoms with Crippen LogP contribution in [0.15, 0.2) is 17.4 Å². The molecule has 2 aliphatic heterocycles. The number of hydrogen-bond donors (Lipinski definition) is 1. The van der Waals surface area contributed by atoms with Crippen molar-refractivity contribution in [3.05, 3.63) is 18.2 Å². The van der Waals surface area contributed by atoms with Crippen molar-refractivity contribution in [2.45, 2.75) is 25.9 Å². The molecule has 0 aliphatic carbocycles. The second kappa shape index (κ2) is 7.73. The van der Waals surface area contributed by atoms with Crippen molar-refractivity contribution < 1.29 is 13.5 Å². The molecule has 1 unspecified atom stereocenters. The highest BCUT2D eigenvalue weighted by Gasteiger charge is 2.42. The number of hydrogen-bond acceptors (Lipinski definition) is 3. The summed E-state index contributed by atoms with van der Waals surface area (Å²) in [5, 5.41) is 3.13. The normalized spacial score (nSPS) is 24.5. The van der Waals surface area contributed by atoms with Gasteiger partial charge in [-0.1, -0.05) is 0 Å². The first-order valence-corrected chi connectivity index (χ1v) is 7.47. The summed E-state index contributed by atoms with van der Waals surface area (Å²) in [6.07, 6.45) is 4.83. The maximum Gasteiger partial charge on any atom is 0.319 e. The molecule has 0 amide bonds. The van der Waals surface area contributed by atoms with Gasteiger partial charge in [-0.25, -0.2) is 4.98 Å². The Morgan fingerprint density at radius 3 is 3.00 bits per heavy atom. The van der Waals surface area contributed by atoms with Gasteiger partial charge in [0.05, 0.1) is 13.2 Å². The van der Waals surface area contributed by atoms with Crippen molar-refractivity contribution in [2.24, 2.45) is 10.4 Å². The lowest BCUT2D eigenvalue weighted by molar-refractivity contribution is 0.0668. The van der Waals surface area contributed by atoms with Crippen molar-refractivity contribution in [1.82, 2.24) is 19.8 Å². The highest BCUT2D eigenvalue weighted by molar-refractivity contribution is 14.0. The average molecular weight is 441 g/mol. The van der Waals surface area contributed by atoms with Gasteiger partial charge in [0.2, 0.25) is 0 Å². The summed E-state index contributed by atoms with van der Waals surface area (Å²) in [7, 11) is 1.71. The zero-order chi connectivity index (χ0) is 15.6. The third-order valence-corrected chi connectivity index (χ3v) is 4.50. The molecular formula is C14H22F2IN5O. The van der Waals surface area contributed by atoms with Crippen LogP contribution in [-0.4, -0.2) is 53.8 Å². The number of guanidine groups is 1. The number of alkyl halides is 2. The summed E-state index contributed by atoms with van der Waals surface area (Å²) < 4.78 is 32.0. The van der Waals surface area contributed by atoms with Crippen molar-refractivity contribution in [1.29, 1.82) is 0 Å². The van der Waals surface area contributed by atoms with Crippen LogP contribution in [-0.2, 0) is 11.3 Å². The molecule has 3 rings (SSSR count). The number of nitrogens with zero attached hydrogens (tertiary/aromatic N) is 4. The first-order valence-electron chi connectivity index (χ1n) is 7.47. The molecule has 1 atom stereocenters. The van der Waals surface area contributed by atoms with Gasteiger partial charge >= 0.3 is 6.55 Å². The molecular weight excluding hydrogens is 419 g/mol. The monoisotopic (exact) mass is 441 g/mol. The van der Waals surface area contributed by atoms with Gasteiger partial charge in [0.15, 0.2) is 5.96 Å². The molecule has 130 valence electrons. The Labute approximate surface area is 151 Å². The smallest absolute Gasteiger partial charge is 0.319 e. The van der Waals surface area contributed by atoms with E-state index in [-0.39, 0.29) is 35.9 Å². The van der Waals surface area contributed by atoms with E-state index in [9.17, 15) is 8.78 Å². The molecule has 3 heterocycles. The average Bonchev–Trinajstić information content (AvgIpc) is 3.23. The minimum Gasteiger partial charge on any atom is -0.381 e. The van der Waals surface area contributed by atoms with Gasteiger partial charge in [-0.2, -0.15) is 8.78 Å². The number of halogens is 3. The topological polar surface area (TPSA) is 54.7 Å². The summed E-state index contributed by atoms with van der Waals surface area (Å²) in [4.78, 5) is 10.4. The molecule has 1 aromatic rings. The van der Waals surface area contributed by atoms with Crippen LogP contribution in [0.3, 0.4) is 0 Å². The maximum absolute atomic E-state index is 12.8. The van der Waals surface area contributed by atoms with Crippen LogP contribution < -0.4 is 5.32 Å². The third kappa shape index (κ3) is 3.93. The molecule has 0 radical (unpaired) electrons. The molecule has 0 aromatic carbocycles. The fraction of sp³-hybridized carbons (Fsp3) is 0.714. The van der Waals surface area contributed by atoms with E-state index in [1.165, 1.54) is 12.4 Å². The van der Waals surface area contributed by atoms with Crippen molar-refractivity contribution in [3.8, 4) is 0 Å². The molecule has 6 nitrogen and oxygen atoms in total.